The van der Waals surface area contributed by atoms with Crippen LogP contribution in [0.1, 0.15) is 6.42 Å². The maximum atomic E-state index is 5.44. The first kappa shape index (κ1) is 10.7. The monoisotopic (exact) mass is 214 g/mol. The molecule has 2 aromatic rings. The Kier molecular flexibility index (Phi) is 3.20. The summed E-state index contributed by atoms with van der Waals surface area (Å²) < 4.78 is 2.05. The summed E-state index contributed by atoms with van der Waals surface area (Å²) in [5.41, 5.74) is 4.80. The van der Waals surface area contributed by atoms with Crippen LogP contribution in [-0.4, -0.2) is 15.6 Å². The van der Waals surface area contributed by atoms with Gasteiger partial charge in [-0.05, 0) is 12.1 Å². The SMILES string of the molecule is C#CCC(Cn1cnc2ccccc21)NN. The van der Waals surface area contributed by atoms with Crippen LogP contribution in [0.3, 0.4) is 0 Å². The molecular weight excluding hydrogens is 200 g/mol. The molecule has 4 heteroatoms. The third kappa shape index (κ3) is 2.06. The van der Waals surface area contributed by atoms with Crippen molar-refractivity contribution in [2.24, 2.45) is 5.84 Å². The molecule has 0 bridgehead atoms. The lowest BCUT2D eigenvalue weighted by molar-refractivity contribution is 0.471. The van der Waals surface area contributed by atoms with Crippen molar-refractivity contribution in [1.29, 1.82) is 0 Å². The molecule has 0 aliphatic heterocycles. The number of nitrogens with zero attached hydrogens (tertiary/aromatic N) is 2. The lowest BCUT2D eigenvalue weighted by Crippen LogP contribution is -2.37. The van der Waals surface area contributed by atoms with E-state index in [2.05, 4.69) is 20.9 Å². The fourth-order valence-electron chi connectivity index (χ4n) is 1.71. The number of hydrogen-bond donors (Lipinski definition) is 2. The van der Waals surface area contributed by atoms with E-state index in [9.17, 15) is 0 Å². The van der Waals surface area contributed by atoms with Crippen molar-refractivity contribution >= 4 is 11.0 Å². The number of hydrazine groups is 1. The van der Waals surface area contributed by atoms with Gasteiger partial charge in [-0.25, -0.2) is 4.98 Å². The highest BCUT2D eigenvalue weighted by Gasteiger charge is 2.08. The first-order chi connectivity index (χ1) is 7.85. The number of terminal acetylenes is 1. The van der Waals surface area contributed by atoms with E-state index < -0.39 is 0 Å². The first-order valence-corrected chi connectivity index (χ1v) is 5.14. The normalized spacial score (nSPS) is 12.5. The molecule has 82 valence electrons. The zero-order valence-corrected chi connectivity index (χ0v) is 8.93. The van der Waals surface area contributed by atoms with Crippen LogP contribution in [0.25, 0.3) is 11.0 Å². The van der Waals surface area contributed by atoms with Crippen molar-refractivity contribution in [1.82, 2.24) is 15.0 Å². The first-order valence-electron chi connectivity index (χ1n) is 5.14. The van der Waals surface area contributed by atoms with Crippen molar-refractivity contribution in [2.45, 2.75) is 19.0 Å². The van der Waals surface area contributed by atoms with Gasteiger partial charge in [0.05, 0.1) is 17.4 Å². The molecule has 0 spiro atoms. The number of nitrogens with one attached hydrogen (secondary N) is 1. The van der Waals surface area contributed by atoms with E-state index in [-0.39, 0.29) is 6.04 Å². The summed E-state index contributed by atoms with van der Waals surface area (Å²) in [6, 6.07) is 8.05. The lowest BCUT2D eigenvalue weighted by atomic mass is 10.2. The molecule has 2 rings (SSSR count). The predicted octanol–water partition coefficient (Wildman–Crippen LogP) is 0.892. The Morgan fingerprint density at radius 2 is 2.31 bits per heavy atom. The van der Waals surface area contributed by atoms with Crippen LogP contribution in [0.2, 0.25) is 0 Å². The number of imidazole rings is 1. The Balaban J connectivity index is 2.24. The Hall–Kier alpha value is -1.83. The highest BCUT2D eigenvalue weighted by molar-refractivity contribution is 5.74. The van der Waals surface area contributed by atoms with Crippen molar-refractivity contribution < 1.29 is 0 Å². The molecule has 1 aromatic heterocycles. The molecule has 0 amide bonds. The third-order valence-electron chi connectivity index (χ3n) is 2.54. The molecule has 0 saturated heterocycles. The van der Waals surface area contributed by atoms with E-state index in [0.29, 0.717) is 6.42 Å². The van der Waals surface area contributed by atoms with Crippen LogP contribution in [0, 0.1) is 12.3 Å². The molecule has 1 unspecified atom stereocenters. The smallest absolute Gasteiger partial charge is 0.0958 e. The van der Waals surface area contributed by atoms with E-state index in [1.54, 1.807) is 0 Å². The van der Waals surface area contributed by atoms with Crippen molar-refractivity contribution in [3.05, 3.63) is 30.6 Å². The maximum absolute atomic E-state index is 5.44. The van der Waals surface area contributed by atoms with Crippen molar-refractivity contribution in [2.75, 3.05) is 0 Å². The zero-order chi connectivity index (χ0) is 11.4. The molecule has 1 heterocycles. The largest absolute Gasteiger partial charge is 0.329 e. The maximum Gasteiger partial charge on any atom is 0.0958 e. The van der Waals surface area contributed by atoms with Gasteiger partial charge in [0.2, 0.25) is 0 Å². The van der Waals surface area contributed by atoms with Gasteiger partial charge < -0.3 is 4.57 Å². The van der Waals surface area contributed by atoms with Crippen LogP contribution >= 0.6 is 0 Å². The molecule has 0 aliphatic rings. The van der Waals surface area contributed by atoms with E-state index in [1.807, 2.05) is 30.6 Å². The molecular formula is C12H14N4. The Bertz CT molecular complexity index is 509. The fraction of sp³-hybridized carbons (Fsp3) is 0.250. The number of aromatic nitrogens is 2. The summed E-state index contributed by atoms with van der Waals surface area (Å²) in [6.07, 6.45) is 7.69. The second kappa shape index (κ2) is 4.79. The van der Waals surface area contributed by atoms with Gasteiger partial charge in [-0.15, -0.1) is 12.3 Å². The van der Waals surface area contributed by atoms with Crippen LogP contribution in [0.5, 0.6) is 0 Å². The molecule has 3 N–H and O–H groups in total. The minimum atomic E-state index is 0.0719. The van der Waals surface area contributed by atoms with E-state index >= 15 is 0 Å². The van der Waals surface area contributed by atoms with Gasteiger partial charge in [-0.3, -0.25) is 11.3 Å². The fourth-order valence-corrected chi connectivity index (χ4v) is 1.71. The summed E-state index contributed by atoms with van der Waals surface area (Å²) in [7, 11) is 0. The quantitative estimate of drug-likeness (QED) is 0.451. The van der Waals surface area contributed by atoms with Crippen molar-refractivity contribution in [3.8, 4) is 12.3 Å². The highest BCUT2D eigenvalue weighted by Crippen LogP contribution is 2.12. The van der Waals surface area contributed by atoms with Gasteiger partial charge in [0.1, 0.15) is 0 Å². The van der Waals surface area contributed by atoms with Crippen LogP contribution in [-0.2, 0) is 6.54 Å². The van der Waals surface area contributed by atoms with Crippen LogP contribution in [0.4, 0.5) is 0 Å². The number of rotatable bonds is 4. The molecule has 1 aromatic carbocycles. The molecule has 4 nitrogen and oxygen atoms in total. The van der Waals surface area contributed by atoms with Gasteiger partial charge in [0.25, 0.3) is 0 Å². The molecule has 0 radical (unpaired) electrons. The average Bonchev–Trinajstić information content (AvgIpc) is 2.72. The predicted molar refractivity (Wildman–Crippen MR) is 64.3 cm³/mol. The minimum absolute atomic E-state index is 0.0719. The summed E-state index contributed by atoms with van der Waals surface area (Å²) in [5.74, 6) is 8.04. The Morgan fingerprint density at radius 1 is 1.50 bits per heavy atom. The minimum Gasteiger partial charge on any atom is -0.329 e. The average molecular weight is 214 g/mol. The molecule has 0 aliphatic carbocycles. The summed E-state index contributed by atoms with van der Waals surface area (Å²) in [4.78, 5) is 4.31. The number of fused-ring (bicyclic) bond motifs is 1. The molecule has 1 atom stereocenters. The number of benzene rings is 1. The van der Waals surface area contributed by atoms with E-state index in [1.165, 1.54) is 0 Å². The highest BCUT2D eigenvalue weighted by atomic mass is 15.2. The van der Waals surface area contributed by atoms with Crippen LogP contribution in [0.15, 0.2) is 30.6 Å². The van der Waals surface area contributed by atoms with Crippen LogP contribution < -0.4 is 11.3 Å². The Morgan fingerprint density at radius 3 is 3.06 bits per heavy atom. The van der Waals surface area contributed by atoms with E-state index in [0.717, 1.165) is 17.6 Å². The number of para-hydroxylation sites is 2. The zero-order valence-electron chi connectivity index (χ0n) is 8.93. The van der Waals surface area contributed by atoms with E-state index in [4.69, 9.17) is 12.3 Å². The van der Waals surface area contributed by atoms with Crippen molar-refractivity contribution in [3.63, 3.8) is 0 Å². The summed E-state index contributed by atoms with van der Waals surface area (Å²) >= 11 is 0. The topological polar surface area (TPSA) is 55.9 Å². The van der Waals surface area contributed by atoms with Gasteiger partial charge in [0, 0.05) is 19.0 Å². The second-order valence-electron chi connectivity index (χ2n) is 3.66. The molecule has 16 heavy (non-hydrogen) atoms. The van der Waals surface area contributed by atoms with Gasteiger partial charge >= 0.3 is 0 Å². The number of hydrogen-bond acceptors (Lipinski definition) is 3. The standard InChI is InChI=1S/C12H14N4/c1-2-5-10(15-13)8-16-9-14-11-6-3-4-7-12(11)16/h1,3-4,6-7,9-10,15H,5,8,13H2. The van der Waals surface area contributed by atoms with Gasteiger partial charge in [-0.2, -0.15) is 0 Å². The Labute approximate surface area is 94.4 Å². The van der Waals surface area contributed by atoms with Gasteiger partial charge in [0.15, 0.2) is 0 Å². The second-order valence-corrected chi connectivity index (χ2v) is 3.66. The lowest BCUT2D eigenvalue weighted by Gasteiger charge is -2.13. The third-order valence-corrected chi connectivity index (χ3v) is 2.54. The van der Waals surface area contributed by atoms with Gasteiger partial charge in [-0.1, -0.05) is 12.1 Å². The summed E-state index contributed by atoms with van der Waals surface area (Å²) in [6.45, 7) is 0.723. The number of nitrogens with two attached hydrogens (primary N) is 1. The molecule has 0 saturated carbocycles. The molecule has 0 fully saturated rings. The summed E-state index contributed by atoms with van der Waals surface area (Å²) in [5, 5.41) is 0.